The van der Waals surface area contributed by atoms with Gasteiger partial charge in [-0.2, -0.15) is 0 Å². The van der Waals surface area contributed by atoms with E-state index >= 15 is 0 Å². The Morgan fingerprint density at radius 1 is 1.38 bits per heavy atom. The summed E-state index contributed by atoms with van der Waals surface area (Å²) in [5.74, 6) is 0.0883. The van der Waals surface area contributed by atoms with Crippen LogP contribution in [0, 0.1) is 11.3 Å². The number of rotatable bonds is 1. The number of aryl methyl sites for hydroxylation is 1. The molecule has 1 fully saturated rings. The molecule has 3 atom stereocenters. The maximum absolute atomic E-state index is 12.4. The monoisotopic (exact) mass is 290 g/mol. The molecule has 0 N–H and O–H groups in total. The van der Waals surface area contributed by atoms with Gasteiger partial charge in [0, 0.05) is 6.07 Å². The van der Waals surface area contributed by atoms with Gasteiger partial charge in [-0.3, -0.25) is 4.79 Å². The van der Waals surface area contributed by atoms with Gasteiger partial charge in [0.2, 0.25) is 0 Å². The van der Waals surface area contributed by atoms with Crippen LogP contribution < -0.4 is 5.63 Å². The molecule has 0 radical (unpaired) electrons. The molecule has 1 aromatic heterocycles. The van der Waals surface area contributed by atoms with Crippen molar-refractivity contribution in [2.75, 3.05) is 7.11 Å². The van der Waals surface area contributed by atoms with Crippen LogP contribution in [0.1, 0.15) is 50.7 Å². The van der Waals surface area contributed by atoms with Crippen LogP contribution in [0.5, 0.6) is 0 Å². The fourth-order valence-corrected chi connectivity index (χ4v) is 4.77. The molecule has 4 heteroatoms. The van der Waals surface area contributed by atoms with Gasteiger partial charge in [-0.1, -0.05) is 13.3 Å². The molecule has 2 aliphatic carbocycles. The van der Waals surface area contributed by atoms with Crippen LogP contribution >= 0.6 is 0 Å². The Balaban J connectivity index is 2.13. The third-order valence-corrected chi connectivity index (χ3v) is 5.83. The maximum atomic E-state index is 12.4. The van der Waals surface area contributed by atoms with Gasteiger partial charge in [-0.15, -0.1) is 0 Å². The number of fused-ring (bicyclic) bond motifs is 3. The molecule has 0 amide bonds. The molecular formula is C17H22O4. The normalized spacial score (nSPS) is 34.7. The summed E-state index contributed by atoms with van der Waals surface area (Å²) in [4.78, 5) is 24.0. The van der Waals surface area contributed by atoms with Crippen LogP contribution in [0.2, 0.25) is 0 Å². The van der Waals surface area contributed by atoms with E-state index in [-0.39, 0.29) is 22.9 Å². The number of esters is 1. The minimum absolute atomic E-state index is 0.121. The summed E-state index contributed by atoms with van der Waals surface area (Å²) in [5.41, 5.74) is 1.27. The lowest BCUT2D eigenvalue weighted by Gasteiger charge is -2.53. The summed E-state index contributed by atoms with van der Waals surface area (Å²) in [6, 6.07) is 1.63. The Kier molecular flexibility index (Phi) is 3.23. The zero-order valence-electron chi connectivity index (χ0n) is 12.9. The minimum atomic E-state index is -0.463. The van der Waals surface area contributed by atoms with Crippen molar-refractivity contribution in [3.63, 3.8) is 0 Å². The number of hydrogen-bond acceptors (Lipinski definition) is 4. The zero-order valence-corrected chi connectivity index (χ0v) is 12.9. The standard InChI is InChI=1S/C17H22O4/c1-16-7-4-8-17(2,15(19)20-3)13(16)6-5-11-10-21-14(18)9-12(11)16/h9-10,13H,4-8H2,1-3H3/t13-,16-,17+/m1/s1. The van der Waals surface area contributed by atoms with Crippen molar-refractivity contribution >= 4 is 5.97 Å². The first-order valence-corrected chi connectivity index (χ1v) is 7.62. The summed E-state index contributed by atoms with van der Waals surface area (Å²) in [7, 11) is 1.46. The van der Waals surface area contributed by atoms with E-state index in [4.69, 9.17) is 9.15 Å². The van der Waals surface area contributed by atoms with Crippen LogP contribution in [0.4, 0.5) is 0 Å². The van der Waals surface area contributed by atoms with Gasteiger partial charge in [-0.05, 0) is 55.1 Å². The number of carbonyl (C=O) groups is 1. The first-order valence-electron chi connectivity index (χ1n) is 7.62. The second kappa shape index (κ2) is 4.72. The Morgan fingerprint density at radius 2 is 2.14 bits per heavy atom. The number of carbonyl (C=O) groups excluding carboxylic acids is 1. The van der Waals surface area contributed by atoms with E-state index in [9.17, 15) is 9.59 Å². The molecule has 1 heterocycles. The van der Waals surface area contributed by atoms with Gasteiger partial charge in [0.1, 0.15) is 0 Å². The zero-order chi connectivity index (χ0) is 15.3. The first-order chi connectivity index (χ1) is 9.91. The molecule has 114 valence electrons. The first kappa shape index (κ1) is 14.4. The van der Waals surface area contributed by atoms with Crippen molar-refractivity contribution < 1.29 is 13.9 Å². The highest BCUT2D eigenvalue weighted by molar-refractivity contribution is 5.77. The fraction of sp³-hybridized carbons (Fsp3) is 0.647. The SMILES string of the molecule is COC(=O)[C@@]1(C)CCC[C@]2(C)c3cc(=O)occ3CC[C@@H]12. The molecule has 0 bridgehead atoms. The van der Waals surface area contributed by atoms with Gasteiger partial charge >= 0.3 is 11.6 Å². The van der Waals surface area contributed by atoms with Crippen LogP contribution in [0.15, 0.2) is 21.5 Å². The number of ether oxygens (including phenoxy) is 1. The molecule has 4 nitrogen and oxygen atoms in total. The van der Waals surface area contributed by atoms with Gasteiger partial charge in [-0.25, -0.2) is 4.79 Å². The average Bonchev–Trinajstić information content (AvgIpc) is 2.46. The molecule has 0 unspecified atom stereocenters. The van der Waals surface area contributed by atoms with E-state index < -0.39 is 5.41 Å². The molecule has 1 saturated carbocycles. The third-order valence-electron chi connectivity index (χ3n) is 5.83. The molecule has 3 rings (SSSR count). The highest BCUT2D eigenvalue weighted by Gasteiger charge is 2.55. The molecule has 2 aliphatic rings. The topological polar surface area (TPSA) is 56.5 Å². The molecule has 0 spiro atoms. The lowest BCUT2D eigenvalue weighted by atomic mass is 9.50. The van der Waals surface area contributed by atoms with E-state index in [1.165, 1.54) is 7.11 Å². The van der Waals surface area contributed by atoms with Crippen molar-refractivity contribution in [3.8, 4) is 0 Å². The highest BCUT2D eigenvalue weighted by atomic mass is 16.5. The minimum Gasteiger partial charge on any atom is -0.469 e. The third kappa shape index (κ3) is 1.95. The second-order valence-electron chi connectivity index (χ2n) is 6.91. The Labute approximate surface area is 124 Å². The molecule has 21 heavy (non-hydrogen) atoms. The van der Waals surface area contributed by atoms with Crippen LogP contribution in [-0.2, 0) is 21.4 Å². The van der Waals surface area contributed by atoms with Crippen LogP contribution in [0.3, 0.4) is 0 Å². The Morgan fingerprint density at radius 3 is 2.86 bits per heavy atom. The summed E-state index contributed by atoms with van der Waals surface area (Å²) < 4.78 is 10.1. The predicted octanol–water partition coefficient (Wildman–Crippen LogP) is 2.82. The van der Waals surface area contributed by atoms with Crippen molar-refractivity contribution in [2.45, 2.75) is 51.4 Å². The van der Waals surface area contributed by atoms with E-state index in [1.54, 1.807) is 12.3 Å². The Hall–Kier alpha value is -1.58. The summed E-state index contributed by atoms with van der Waals surface area (Å²) >= 11 is 0. The molecular weight excluding hydrogens is 268 g/mol. The lowest BCUT2D eigenvalue weighted by molar-refractivity contribution is -0.161. The van der Waals surface area contributed by atoms with E-state index in [0.717, 1.165) is 43.2 Å². The van der Waals surface area contributed by atoms with Crippen LogP contribution in [0.25, 0.3) is 0 Å². The lowest BCUT2D eigenvalue weighted by Crippen LogP contribution is -2.52. The van der Waals surface area contributed by atoms with Gasteiger partial charge in [0.25, 0.3) is 0 Å². The van der Waals surface area contributed by atoms with Crippen molar-refractivity contribution in [3.05, 3.63) is 33.9 Å². The fourth-order valence-electron chi connectivity index (χ4n) is 4.77. The summed E-state index contributed by atoms with van der Waals surface area (Å²) in [6.45, 7) is 4.22. The van der Waals surface area contributed by atoms with E-state index in [2.05, 4.69) is 6.92 Å². The average molecular weight is 290 g/mol. The van der Waals surface area contributed by atoms with Crippen molar-refractivity contribution in [2.24, 2.45) is 11.3 Å². The molecule has 0 saturated heterocycles. The smallest absolute Gasteiger partial charge is 0.335 e. The Bertz CT molecular complexity index is 632. The summed E-state index contributed by atoms with van der Waals surface area (Å²) in [6.07, 6.45) is 6.22. The van der Waals surface area contributed by atoms with E-state index in [0.29, 0.717) is 0 Å². The largest absolute Gasteiger partial charge is 0.469 e. The second-order valence-corrected chi connectivity index (χ2v) is 6.91. The van der Waals surface area contributed by atoms with Crippen molar-refractivity contribution in [1.82, 2.24) is 0 Å². The maximum Gasteiger partial charge on any atom is 0.335 e. The van der Waals surface area contributed by atoms with Gasteiger partial charge in [0.05, 0.1) is 18.8 Å². The number of hydrogen-bond donors (Lipinski definition) is 0. The number of methoxy groups -OCH3 is 1. The quantitative estimate of drug-likeness (QED) is 0.746. The molecule has 1 aromatic rings. The van der Waals surface area contributed by atoms with Crippen molar-refractivity contribution in [1.29, 1.82) is 0 Å². The molecule has 0 aromatic carbocycles. The van der Waals surface area contributed by atoms with E-state index in [1.807, 2.05) is 6.92 Å². The summed E-state index contributed by atoms with van der Waals surface area (Å²) in [5, 5.41) is 0. The molecule has 0 aliphatic heterocycles. The van der Waals surface area contributed by atoms with Gasteiger partial charge in [0.15, 0.2) is 0 Å². The van der Waals surface area contributed by atoms with Crippen LogP contribution in [-0.4, -0.2) is 13.1 Å². The highest BCUT2D eigenvalue weighted by Crippen LogP contribution is 2.57. The predicted molar refractivity (Wildman–Crippen MR) is 78.1 cm³/mol. The van der Waals surface area contributed by atoms with Gasteiger partial charge < -0.3 is 9.15 Å².